The van der Waals surface area contributed by atoms with Crippen LogP contribution in [-0.2, 0) is 14.4 Å². The minimum absolute atomic E-state index is 0.0629. The maximum atomic E-state index is 13.5. The average Bonchev–Trinajstić information content (AvgIpc) is 3.31. The van der Waals surface area contributed by atoms with E-state index in [1.165, 1.54) is 12.1 Å². The van der Waals surface area contributed by atoms with E-state index in [9.17, 15) is 19.7 Å². The zero-order chi connectivity index (χ0) is 22.4. The van der Waals surface area contributed by atoms with E-state index >= 15 is 0 Å². The van der Waals surface area contributed by atoms with E-state index in [1.807, 2.05) is 30.3 Å². The number of halogens is 1. The molecule has 3 atom stereocenters. The highest BCUT2D eigenvalue weighted by Gasteiger charge is 2.60. The number of benzene rings is 3. The predicted molar refractivity (Wildman–Crippen MR) is 117 cm³/mol. The highest BCUT2D eigenvalue weighted by atomic mass is 35.5. The lowest BCUT2D eigenvalue weighted by atomic mass is 9.90. The van der Waals surface area contributed by atoms with Crippen molar-refractivity contribution in [2.75, 3.05) is 9.96 Å². The van der Waals surface area contributed by atoms with Crippen molar-refractivity contribution in [1.82, 2.24) is 0 Å². The number of nitro benzene ring substituents is 1. The summed E-state index contributed by atoms with van der Waals surface area (Å²) >= 11 is 5.94. The number of carbonyl (C=O) groups is 2. The van der Waals surface area contributed by atoms with Gasteiger partial charge in [-0.2, -0.15) is 0 Å². The molecule has 2 amide bonds. The number of hydrogen-bond acceptors (Lipinski definition) is 6. The fraction of sp³-hybridized carbons (Fsp3) is 0.130. The van der Waals surface area contributed by atoms with Gasteiger partial charge in [-0.25, -0.2) is 9.96 Å². The van der Waals surface area contributed by atoms with E-state index in [0.29, 0.717) is 22.0 Å². The number of imide groups is 1. The van der Waals surface area contributed by atoms with E-state index in [4.69, 9.17) is 16.4 Å². The predicted octanol–water partition coefficient (Wildman–Crippen LogP) is 4.30. The van der Waals surface area contributed by atoms with Crippen LogP contribution in [0.1, 0.15) is 11.6 Å². The SMILES string of the molecule is O=C1[C@H]2[C@H](ON(c3ccccc3)[C@H]2c2ccc([N+](=O)[O-])cc2)C(=O)N1c1ccc(Cl)cc1. The number of amides is 2. The van der Waals surface area contributed by atoms with Crippen LogP contribution >= 0.6 is 11.6 Å². The number of nitro groups is 1. The number of non-ortho nitro benzene ring substituents is 1. The number of nitrogens with zero attached hydrogens (tertiary/aromatic N) is 3. The molecule has 0 radical (unpaired) electrons. The zero-order valence-corrected chi connectivity index (χ0v) is 17.3. The molecule has 3 aromatic carbocycles. The summed E-state index contributed by atoms with van der Waals surface area (Å²) < 4.78 is 0. The Bertz CT molecular complexity index is 1200. The van der Waals surface area contributed by atoms with Gasteiger partial charge in [0.2, 0.25) is 5.91 Å². The van der Waals surface area contributed by atoms with Gasteiger partial charge in [-0.1, -0.05) is 41.9 Å². The van der Waals surface area contributed by atoms with Crippen molar-refractivity contribution >= 4 is 40.5 Å². The first-order valence-corrected chi connectivity index (χ1v) is 10.2. The van der Waals surface area contributed by atoms with Gasteiger partial charge in [-0.15, -0.1) is 0 Å². The Kier molecular flexibility index (Phi) is 4.88. The van der Waals surface area contributed by atoms with Crippen LogP contribution in [0.5, 0.6) is 0 Å². The highest BCUT2D eigenvalue weighted by molar-refractivity contribution is 6.31. The maximum Gasteiger partial charge on any atom is 0.269 e. The quantitative estimate of drug-likeness (QED) is 0.335. The summed E-state index contributed by atoms with van der Waals surface area (Å²) in [5.41, 5.74) is 1.65. The molecule has 5 rings (SSSR count). The Hall–Kier alpha value is -3.75. The van der Waals surface area contributed by atoms with Gasteiger partial charge in [0.1, 0.15) is 5.92 Å². The molecular weight excluding hydrogens is 434 g/mol. The molecule has 0 N–H and O–H groups in total. The maximum absolute atomic E-state index is 13.5. The first-order valence-electron chi connectivity index (χ1n) is 9.84. The van der Waals surface area contributed by atoms with E-state index in [0.717, 1.165) is 4.90 Å². The highest BCUT2D eigenvalue weighted by Crippen LogP contribution is 2.47. The van der Waals surface area contributed by atoms with Gasteiger partial charge in [-0.3, -0.25) is 24.5 Å². The van der Waals surface area contributed by atoms with Crippen LogP contribution in [0.25, 0.3) is 0 Å². The van der Waals surface area contributed by atoms with Gasteiger partial charge in [0, 0.05) is 17.2 Å². The van der Waals surface area contributed by atoms with Crippen molar-refractivity contribution in [3.05, 3.63) is 99.6 Å². The number of carbonyl (C=O) groups excluding carboxylic acids is 2. The van der Waals surface area contributed by atoms with Crippen molar-refractivity contribution in [3.8, 4) is 0 Å². The summed E-state index contributed by atoms with van der Waals surface area (Å²) in [5.74, 6) is -1.68. The van der Waals surface area contributed by atoms with Crippen molar-refractivity contribution < 1.29 is 19.3 Å². The number of rotatable bonds is 4. The minimum Gasteiger partial charge on any atom is -0.273 e. The second-order valence-electron chi connectivity index (χ2n) is 7.49. The molecule has 0 spiro atoms. The summed E-state index contributed by atoms with van der Waals surface area (Å²) in [5, 5.41) is 13.1. The summed E-state index contributed by atoms with van der Waals surface area (Å²) in [6.45, 7) is 0. The lowest BCUT2D eigenvalue weighted by Gasteiger charge is -2.28. The average molecular weight is 450 g/mol. The van der Waals surface area contributed by atoms with Gasteiger partial charge < -0.3 is 0 Å². The first kappa shape index (κ1) is 20.2. The molecule has 0 saturated carbocycles. The van der Waals surface area contributed by atoms with E-state index < -0.39 is 34.8 Å². The molecule has 2 aliphatic rings. The fourth-order valence-corrected chi connectivity index (χ4v) is 4.32. The topological polar surface area (TPSA) is 93.0 Å². The smallest absolute Gasteiger partial charge is 0.269 e. The lowest BCUT2D eigenvalue weighted by molar-refractivity contribution is -0.384. The summed E-state index contributed by atoms with van der Waals surface area (Å²) in [4.78, 5) is 44.4. The van der Waals surface area contributed by atoms with E-state index in [1.54, 1.807) is 41.5 Å². The van der Waals surface area contributed by atoms with Crippen LogP contribution in [0.4, 0.5) is 17.1 Å². The molecule has 0 aliphatic carbocycles. The molecule has 8 nitrogen and oxygen atoms in total. The van der Waals surface area contributed by atoms with Crippen molar-refractivity contribution in [2.24, 2.45) is 5.92 Å². The third-order valence-electron chi connectivity index (χ3n) is 5.66. The van der Waals surface area contributed by atoms with E-state index in [-0.39, 0.29) is 5.69 Å². The first-order chi connectivity index (χ1) is 15.5. The normalized spacial score (nSPS) is 22.3. The van der Waals surface area contributed by atoms with E-state index in [2.05, 4.69) is 0 Å². The van der Waals surface area contributed by atoms with Gasteiger partial charge in [-0.05, 0) is 42.0 Å². The molecule has 0 unspecified atom stereocenters. The molecule has 160 valence electrons. The summed E-state index contributed by atoms with van der Waals surface area (Å²) in [6, 6.07) is 20.8. The molecule has 32 heavy (non-hydrogen) atoms. The van der Waals surface area contributed by atoms with Crippen LogP contribution in [-0.4, -0.2) is 22.8 Å². The molecule has 2 heterocycles. The lowest BCUT2D eigenvalue weighted by Crippen LogP contribution is -2.37. The molecule has 2 fully saturated rings. The third kappa shape index (κ3) is 3.21. The van der Waals surface area contributed by atoms with Crippen LogP contribution in [0.15, 0.2) is 78.9 Å². The summed E-state index contributed by atoms with van der Waals surface area (Å²) in [6.07, 6.45) is -1.02. The third-order valence-corrected chi connectivity index (χ3v) is 5.91. The monoisotopic (exact) mass is 449 g/mol. The Morgan fingerprint density at radius 2 is 1.50 bits per heavy atom. The number of hydroxylamine groups is 1. The summed E-state index contributed by atoms with van der Waals surface area (Å²) in [7, 11) is 0. The molecule has 3 aromatic rings. The van der Waals surface area contributed by atoms with Gasteiger partial charge >= 0.3 is 0 Å². The number of fused-ring (bicyclic) bond motifs is 1. The number of para-hydroxylation sites is 1. The van der Waals surface area contributed by atoms with Gasteiger partial charge in [0.25, 0.3) is 11.6 Å². The second-order valence-corrected chi connectivity index (χ2v) is 7.93. The van der Waals surface area contributed by atoms with Crippen LogP contribution in [0.2, 0.25) is 5.02 Å². The standard InChI is InChI=1S/C23H16ClN3O5/c24-15-8-12-16(13-9-15)25-22(28)19-20(14-6-10-18(11-7-14)27(30)31)26(32-21(19)23(25)29)17-4-2-1-3-5-17/h1-13,19-21H/t19-,20+,21+/m1/s1. The Morgan fingerprint density at radius 3 is 2.12 bits per heavy atom. The molecule has 0 aromatic heterocycles. The fourth-order valence-electron chi connectivity index (χ4n) is 4.19. The largest absolute Gasteiger partial charge is 0.273 e. The van der Waals surface area contributed by atoms with Crippen molar-refractivity contribution in [1.29, 1.82) is 0 Å². The molecule has 0 bridgehead atoms. The van der Waals surface area contributed by atoms with Crippen molar-refractivity contribution in [3.63, 3.8) is 0 Å². The molecule has 2 aliphatic heterocycles. The zero-order valence-electron chi connectivity index (χ0n) is 16.5. The Labute approximate surface area is 187 Å². The molecule has 2 saturated heterocycles. The Balaban J connectivity index is 1.57. The van der Waals surface area contributed by atoms with Crippen LogP contribution in [0, 0.1) is 16.0 Å². The van der Waals surface area contributed by atoms with Crippen molar-refractivity contribution in [2.45, 2.75) is 12.1 Å². The Morgan fingerprint density at radius 1 is 0.844 bits per heavy atom. The van der Waals surface area contributed by atoms with Crippen LogP contribution < -0.4 is 9.96 Å². The number of anilines is 2. The number of hydrogen-bond donors (Lipinski definition) is 0. The molecule has 9 heteroatoms. The van der Waals surface area contributed by atoms with Gasteiger partial charge in [0.15, 0.2) is 6.10 Å². The van der Waals surface area contributed by atoms with Crippen LogP contribution in [0.3, 0.4) is 0 Å². The minimum atomic E-state index is -1.02. The second kappa shape index (κ2) is 7.74. The van der Waals surface area contributed by atoms with Gasteiger partial charge in [0.05, 0.1) is 22.3 Å². The molecular formula is C23H16ClN3O5.